The summed E-state index contributed by atoms with van der Waals surface area (Å²) < 4.78 is 0. The smallest absolute Gasteiger partial charge is 0.0196 e. The van der Waals surface area contributed by atoms with Crippen LogP contribution in [-0.2, 0) is 0 Å². The summed E-state index contributed by atoms with van der Waals surface area (Å²) in [5, 5.41) is 0. The van der Waals surface area contributed by atoms with Gasteiger partial charge in [-0.1, -0.05) is 29.8 Å². The van der Waals surface area contributed by atoms with Gasteiger partial charge in [-0.25, -0.2) is 0 Å². The van der Waals surface area contributed by atoms with E-state index in [1.165, 1.54) is 36.0 Å². The number of rotatable bonds is 1. The van der Waals surface area contributed by atoms with Crippen LogP contribution in [0.5, 0.6) is 0 Å². The first kappa shape index (κ1) is 8.55. The molecule has 0 heterocycles. The topological polar surface area (TPSA) is 0 Å². The van der Waals surface area contributed by atoms with Crippen molar-refractivity contribution in [3.63, 3.8) is 0 Å². The maximum absolute atomic E-state index is 2.39. The van der Waals surface area contributed by atoms with Crippen molar-refractivity contribution in [1.29, 1.82) is 0 Å². The van der Waals surface area contributed by atoms with Crippen molar-refractivity contribution in [3.05, 3.63) is 41.0 Å². The Kier molecular flexibility index (Phi) is 2.22. The molecule has 0 unspecified atom stereocenters. The summed E-state index contributed by atoms with van der Waals surface area (Å²) in [5.74, 6) is 0. The van der Waals surface area contributed by atoms with Gasteiger partial charge in [0.25, 0.3) is 0 Å². The molecular formula is C13H16. The van der Waals surface area contributed by atoms with Gasteiger partial charge in [0.05, 0.1) is 0 Å². The summed E-state index contributed by atoms with van der Waals surface area (Å²) in [6.07, 6.45) is 6.26. The van der Waals surface area contributed by atoms with Crippen molar-refractivity contribution in [2.45, 2.75) is 33.1 Å². The zero-order chi connectivity index (χ0) is 9.26. The normalized spacial score (nSPS) is 16.0. The maximum atomic E-state index is 2.39. The third kappa shape index (κ3) is 1.67. The van der Waals surface area contributed by atoms with Gasteiger partial charge in [-0.2, -0.15) is 0 Å². The van der Waals surface area contributed by atoms with Crippen molar-refractivity contribution in [2.24, 2.45) is 0 Å². The largest absolute Gasteiger partial charge is 0.0807 e. The summed E-state index contributed by atoms with van der Waals surface area (Å²) in [5.41, 5.74) is 5.81. The van der Waals surface area contributed by atoms with Gasteiger partial charge < -0.3 is 0 Å². The predicted molar refractivity (Wildman–Crippen MR) is 57.7 cm³/mol. The first-order valence-electron chi connectivity index (χ1n) is 5.04. The van der Waals surface area contributed by atoms with Crippen molar-refractivity contribution < 1.29 is 0 Å². The molecule has 0 N–H and O–H groups in total. The lowest BCUT2D eigenvalue weighted by molar-refractivity contribution is 0.934. The Labute approximate surface area is 80.3 Å². The van der Waals surface area contributed by atoms with E-state index in [0.29, 0.717) is 0 Å². The molecule has 2 rings (SSSR count). The van der Waals surface area contributed by atoms with Gasteiger partial charge in [0.2, 0.25) is 0 Å². The second kappa shape index (κ2) is 3.37. The van der Waals surface area contributed by atoms with Crippen LogP contribution in [0.1, 0.15) is 36.0 Å². The van der Waals surface area contributed by atoms with Crippen LogP contribution < -0.4 is 0 Å². The van der Waals surface area contributed by atoms with Gasteiger partial charge in [-0.05, 0) is 49.8 Å². The lowest BCUT2D eigenvalue weighted by atomic mass is 9.98. The Morgan fingerprint density at radius 3 is 2.69 bits per heavy atom. The minimum absolute atomic E-state index is 1.27. The Morgan fingerprint density at radius 2 is 2.00 bits per heavy atom. The van der Waals surface area contributed by atoms with E-state index in [1.54, 1.807) is 5.57 Å². The number of benzene rings is 1. The molecule has 1 aromatic rings. The molecule has 0 nitrogen and oxygen atoms in total. The van der Waals surface area contributed by atoms with Gasteiger partial charge in [0, 0.05) is 0 Å². The quantitative estimate of drug-likeness (QED) is 0.603. The first-order valence-corrected chi connectivity index (χ1v) is 5.04. The Bertz CT molecular complexity index is 345. The molecule has 1 aliphatic carbocycles. The van der Waals surface area contributed by atoms with Crippen molar-refractivity contribution in [3.8, 4) is 0 Å². The summed E-state index contributed by atoms with van der Waals surface area (Å²) in [4.78, 5) is 0. The average molecular weight is 172 g/mol. The lowest BCUT2D eigenvalue weighted by Gasteiger charge is -2.07. The average Bonchev–Trinajstić information content (AvgIpc) is 2.61. The van der Waals surface area contributed by atoms with Crippen molar-refractivity contribution in [1.82, 2.24) is 0 Å². The van der Waals surface area contributed by atoms with Crippen molar-refractivity contribution >= 4 is 5.57 Å². The molecule has 0 fully saturated rings. The molecule has 0 aliphatic heterocycles. The molecule has 13 heavy (non-hydrogen) atoms. The Balaban J connectivity index is 2.43. The highest BCUT2D eigenvalue weighted by Gasteiger charge is 2.08. The van der Waals surface area contributed by atoms with Gasteiger partial charge in [0.15, 0.2) is 0 Å². The summed E-state index contributed by atoms with van der Waals surface area (Å²) in [6.45, 7) is 4.37. The Hall–Kier alpha value is -1.04. The zero-order valence-electron chi connectivity index (χ0n) is 8.43. The van der Waals surface area contributed by atoms with E-state index in [4.69, 9.17) is 0 Å². The number of hydrogen-bond acceptors (Lipinski definition) is 0. The van der Waals surface area contributed by atoms with E-state index in [9.17, 15) is 0 Å². The van der Waals surface area contributed by atoms with Crippen LogP contribution in [0, 0.1) is 13.8 Å². The van der Waals surface area contributed by atoms with Gasteiger partial charge in [-0.15, -0.1) is 0 Å². The highest BCUT2D eigenvalue weighted by atomic mass is 14.1. The number of hydrogen-bond donors (Lipinski definition) is 0. The van der Waals surface area contributed by atoms with E-state index in [-0.39, 0.29) is 0 Å². The number of aryl methyl sites for hydroxylation is 2. The third-order valence-corrected chi connectivity index (χ3v) is 2.78. The summed E-state index contributed by atoms with van der Waals surface area (Å²) in [7, 11) is 0. The van der Waals surface area contributed by atoms with Crippen LogP contribution in [0.3, 0.4) is 0 Å². The zero-order valence-corrected chi connectivity index (χ0v) is 8.43. The second-order valence-corrected chi connectivity index (χ2v) is 3.94. The van der Waals surface area contributed by atoms with E-state index in [0.717, 1.165) is 0 Å². The molecule has 0 bridgehead atoms. The number of allylic oxidation sites excluding steroid dienone is 2. The monoisotopic (exact) mass is 172 g/mol. The molecule has 0 aromatic heterocycles. The van der Waals surface area contributed by atoms with Crippen LogP contribution in [0.2, 0.25) is 0 Å². The maximum Gasteiger partial charge on any atom is -0.0196 e. The molecule has 0 spiro atoms. The van der Waals surface area contributed by atoms with Crippen LogP contribution in [0.15, 0.2) is 24.3 Å². The summed E-state index contributed by atoms with van der Waals surface area (Å²) >= 11 is 0. The van der Waals surface area contributed by atoms with Crippen LogP contribution in [0.4, 0.5) is 0 Å². The molecular weight excluding hydrogens is 156 g/mol. The van der Waals surface area contributed by atoms with Gasteiger partial charge >= 0.3 is 0 Å². The molecule has 0 radical (unpaired) electrons. The fraction of sp³-hybridized carbons (Fsp3) is 0.385. The van der Waals surface area contributed by atoms with Crippen molar-refractivity contribution in [2.75, 3.05) is 0 Å². The predicted octanol–water partition coefficient (Wildman–Crippen LogP) is 3.87. The first-order chi connectivity index (χ1) is 6.27. The highest BCUT2D eigenvalue weighted by molar-refractivity contribution is 5.70. The Morgan fingerprint density at radius 1 is 1.15 bits per heavy atom. The molecule has 1 aromatic carbocycles. The molecule has 0 saturated carbocycles. The molecule has 0 atom stereocenters. The molecule has 1 aliphatic rings. The fourth-order valence-electron chi connectivity index (χ4n) is 2.00. The molecule has 0 amide bonds. The molecule has 0 heteroatoms. The molecule has 68 valence electrons. The summed E-state index contributed by atoms with van der Waals surface area (Å²) in [6, 6.07) is 6.73. The van der Waals surface area contributed by atoms with E-state index >= 15 is 0 Å². The van der Waals surface area contributed by atoms with Crippen LogP contribution in [-0.4, -0.2) is 0 Å². The van der Waals surface area contributed by atoms with E-state index in [1.807, 2.05) is 0 Å². The second-order valence-electron chi connectivity index (χ2n) is 3.94. The fourth-order valence-corrected chi connectivity index (χ4v) is 2.00. The minimum Gasteiger partial charge on any atom is -0.0807 e. The highest BCUT2D eigenvalue weighted by Crippen LogP contribution is 2.30. The van der Waals surface area contributed by atoms with Crippen LogP contribution in [0.25, 0.3) is 5.57 Å². The van der Waals surface area contributed by atoms with E-state index in [2.05, 4.69) is 38.1 Å². The van der Waals surface area contributed by atoms with Gasteiger partial charge in [0.1, 0.15) is 0 Å². The van der Waals surface area contributed by atoms with Gasteiger partial charge in [-0.3, -0.25) is 0 Å². The van der Waals surface area contributed by atoms with Crippen LogP contribution >= 0.6 is 0 Å². The third-order valence-electron chi connectivity index (χ3n) is 2.78. The lowest BCUT2D eigenvalue weighted by Crippen LogP contribution is -1.87. The minimum atomic E-state index is 1.27. The standard InChI is InChI=1S/C13H16/c1-10-7-8-11(2)13(9-10)12-5-3-4-6-12/h5,7-9H,3-4,6H2,1-2H3. The van der Waals surface area contributed by atoms with E-state index < -0.39 is 0 Å². The molecule has 0 saturated heterocycles. The SMILES string of the molecule is Cc1ccc(C)c(C2=CCCC2)c1.